The van der Waals surface area contributed by atoms with Crippen molar-refractivity contribution in [1.29, 1.82) is 0 Å². The molecule has 20 heavy (non-hydrogen) atoms. The Morgan fingerprint density at radius 1 is 1.40 bits per heavy atom. The van der Waals surface area contributed by atoms with Gasteiger partial charge in [0.25, 0.3) is 0 Å². The number of hydrogen-bond acceptors (Lipinski definition) is 2. The summed E-state index contributed by atoms with van der Waals surface area (Å²) >= 11 is 3.83. The van der Waals surface area contributed by atoms with E-state index in [1.54, 1.807) is 0 Å². The Bertz CT molecular complexity index is 478. The lowest BCUT2D eigenvalue weighted by Crippen LogP contribution is -2.24. The summed E-state index contributed by atoms with van der Waals surface area (Å²) < 4.78 is 11.6. The topological polar surface area (TPSA) is 18.5 Å². The van der Waals surface area contributed by atoms with Gasteiger partial charge < -0.3 is 9.47 Å². The van der Waals surface area contributed by atoms with Gasteiger partial charge in [0.1, 0.15) is 11.4 Å². The lowest BCUT2D eigenvalue weighted by Gasteiger charge is -2.16. The third-order valence-electron chi connectivity index (χ3n) is 4.21. The molecule has 2 aliphatic rings. The average molecular weight is 339 g/mol. The highest BCUT2D eigenvalue weighted by atomic mass is 79.9. The van der Waals surface area contributed by atoms with E-state index in [0.29, 0.717) is 10.9 Å². The van der Waals surface area contributed by atoms with Gasteiger partial charge in [-0.15, -0.1) is 0 Å². The number of benzene rings is 1. The Labute approximate surface area is 130 Å². The first-order valence-corrected chi connectivity index (χ1v) is 8.53. The van der Waals surface area contributed by atoms with Crippen molar-refractivity contribution < 1.29 is 9.47 Å². The molecule has 0 radical (unpaired) electrons. The highest BCUT2D eigenvalue weighted by molar-refractivity contribution is 9.09. The Morgan fingerprint density at radius 3 is 3.00 bits per heavy atom. The summed E-state index contributed by atoms with van der Waals surface area (Å²) in [7, 11) is 0. The van der Waals surface area contributed by atoms with Crippen molar-refractivity contribution in [3.8, 4) is 5.75 Å². The fraction of sp³-hybridized carbons (Fsp3) is 0.647. The maximum Gasteiger partial charge on any atom is 0.123 e. The number of fused-ring (bicyclic) bond motifs is 1. The first-order chi connectivity index (χ1) is 9.53. The lowest BCUT2D eigenvalue weighted by molar-refractivity contribution is 0.102. The van der Waals surface area contributed by atoms with Gasteiger partial charge in [0.05, 0.1) is 6.10 Å². The molecule has 2 nitrogen and oxygen atoms in total. The second-order valence-electron chi connectivity index (χ2n) is 6.59. The molecule has 2 aliphatic heterocycles. The van der Waals surface area contributed by atoms with Crippen LogP contribution in [0.15, 0.2) is 18.2 Å². The third-order valence-corrected chi connectivity index (χ3v) is 5.20. The van der Waals surface area contributed by atoms with Crippen molar-refractivity contribution in [2.24, 2.45) is 0 Å². The van der Waals surface area contributed by atoms with E-state index in [9.17, 15) is 0 Å². The summed E-state index contributed by atoms with van der Waals surface area (Å²) in [4.78, 5) is 0.417. The minimum absolute atomic E-state index is 0.0551. The average Bonchev–Trinajstić information content (AvgIpc) is 2.99. The van der Waals surface area contributed by atoms with Crippen molar-refractivity contribution in [1.82, 2.24) is 0 Å². The van der Waals surface area contributed by atoms with Gasteiger partial charge in [-0.3, -0.25) is 0 Å². The Morgan fingerprint density at radius 2 is 2.25 bits per heavy atom. The fourth-order valence-electron chi connectivity index (χ4n) is 3.20. The fourth-order valence-corrected chi connectivity index (χ4v) is 3.74. The van der Waals surface area contributed by atoms with Crippen molar-refractivity contribution in [3.63, 3.8) is 0 Å². The van der Waals surface area contributed by atoms with Crippen LogP contribution < -0.4 is 4.74 Å². The molecule has 2 heterocycles. The second kappa shape index (κ2) is 5.69. The summed E-state index contributed by atoms with van der Waals surface area (Å²) in [5.74, 6) is 1.05. The van der Waals surface area contributed by atoms with E-state index in [-0.39, 0.29) is 5.60 Å². The van der Waals surface area contributed by atoms with Crippen LogP contribution in [0.1, 0.15) is 55.5 Å². The number of ether oxygens (including phenoxy) is 2. The molecule has 0 amide bonds. The van der Waals surface area contributed by atoms with Crippen LogP contribution >= 0.6 is 15.9 Å². The molecule has 0 saturated carbocycles. The van der Waals surface area contributed by atoms with E-state index in [2.05, 4.69) is 48.0 Å². The van der Waals surface area contributed by atoms with E-state index in [4.69, 9.17) is 9.47 Å². The molecule has 0 aromatic heterocycles. The van der Waals surface area contributed by atoms with Crippen LogP contribution in [-0.2, 0) is 11.2 Å². The molecule has 1 fully saturated rings. The summed E-state index contributed by atoms with van der Waals surface area (Å²) in [5.41, 5.74) is 2.65. The molecule has 0 aliphatic carbocycles. The van der Waals surface area contributed by atoms with E-state index < -0.39 is 0 Å². The summed E-state index contributed by atoms with van der Waals surface area (Å²) in [6.45, 7) is 5.24. The maximum atomic E-state index is 5.93. The zero-order valence-corrected chi connectivity index (χ0v) is 13.9. The lowest BCUT2D eigenvalue weighted by atomic mass is 9.98. The van der Waals surface area contributed by atoms with Crippen LogP contribution in [-0.4, -0.2) is 18.3 Å². The molecule has 2 atom stereocenters. The summed E-state index contributed by atoms with van der Waals surface area (Å²) in [6, 6.07) is 6.62. The monoisotopic (exact) mass is 338 g/mol. The highest BCUT2D eigenvalue weighted by Crippen LogP contribution is 2.38. The first-order valence-electron chi connectivity index (χ1n) is 7.61. The van der Waals surface area contributed by atoms with Crippen molar-refractivity contribution in [2.45, 2.75) is 62.5 Å². The van der Waals surface area contributed by atoms with E-state index >= 15 is 0 Å². The SMILES string of the molecule is CC1(C)Cc2cc(C(Br)CCC3CCCO3)ccc2O1. The largest absolute Gasteiger partial charge is 0.487 e. The van der Waals surface area contributed by atoms with Crippen LogP contribution in [0.5, 0.6) is 5.75 Å². The predicted molar refractivity (Wildman–Crippen MR) is 84.7 cm³/mol. The van der Waals surface area contributed by atoms with E-state index in [1.807, 2.05) is 0 Å². The summed E-state index contributed by atoms with van der Waals surface area (Å²) in [5, 5.41) is 0. The van der Waals surface area contributed by atoms with Gasteiger partial charge in [0, 0.05) is 17.9 Å². The zero-order valence-electron chi connectivity index (χ0n) is 12.3. The van der Waals surface area contributed by atoms with Crippen LogP contribution in [0, 0.1) is 0 Å². The van der Waals surface area contributed by atoms with Gasteiger partial charge >= 0.3 is 0 Å². The third kappa shape index (κ3) is 3.20. The maximum absolute atomic E-state index is 5.93. The molecule has 3 rings (SSSR count). The molecule has 0 N–H and O–H groups in total. The van der Waals surface area contributed by atoms with Crippen LogP contribution in [0.2, 0.25) is 0 Å². The van der Waals surface area contributed by atoms with E-state index in [1.165, 1.54) is 24.0 Å². The molecular formula is C17H23BrO2. The van der Waals surface area contributed by atoms with Crippen molar-refractivity contribution in [3.05, 3.63) is 29.3 Å². The molecule has 0 spiro atoms. The molecule has 2 unspecified atom stereocenters. The molecule has 1 aromatic carbocycles. The number of alkyl halides is 1. The smallest absolute Gasteiger partial charge is 0.123 e. The molecule has 0 bridgehead atoms. The molecule has 3 heteroatoms. The van der Waals surface area contributed by atoms with Crippen LogP contribution in [0.3, 0.4) is 0 Å². The molecule has 110 valence electrons. The van der Waals surface area contributed by atoms with E-state index in [0.717, 1.165) is 31.6 Å². The normalized spacial score (nSPS) is 25.2. The minimum Gasteiger partial charge on any atom is -0.487 e. The quantitative estimate of drug-likeness (QED) is 0.734. The minimum atomic E-state index is -0.0551. The number of hydrogen-bond donors (Lipinski definition) is 0. The van der Waals surface area contributed by atoms with Crippen molar-refractivity contribution >= 4 is 15.9 Å². The van der Waals surface area contributed by atoms with Gasteiger partial charge in [0.2, 0.25) is 0 Å². The van der Waals surface area contributed by atoms with Crippen molar-refractivity contribution in [2.75, 3.05) is 6.61 Å². The predicted octanol–water partition coefficient (Wildman–Crippen LogP) is 4.80. The Hall–Kier alpha value is -0.540. The standard InChI is InChI=1S/C17H23BrO2/c1-17(2)11-13-10-12(5-8-16(13)20-17)15(18)7-6-14-4-3-9-19-14/h5,8,10,14-15H,3-4,6-7,9,11H2,1-2H3. The number of rotatable bonds is 4. The Kier molecular flexibility index (Phi) is 4.09. The zero-order chi connectivity index (χ0) is 14.2. The van der Waals surface area contributed by atoms with Gasteiger partial charge in [-0.05, 0) is 56.7 Å². The highest BCUT2D eigenvalue weighted by Gasteiger charge is 2.30. The molecular weight excluding hydrogens is 316 g/mol. The van der Waals surface area contributed by atoms with Gasteiger partial charge in [0.15, 0.2) is 0 Å². The second-order valence-corrected chi connectivity index (χ2v) is 7.69. The molecule has 1 aromatic rings. The number of halogens is 1. The van der Waals surface area contributed by atoms with Crippen LogP contribution in [0.25, 0.3) is 0 Å². The van der Waals surface area contributed by atoms with Gasteiger partial charge in [-0.2, -0.15) is 0 Å². The summed E-state index contributed by atoms with van der Waals surface area (Å²) in [6.07, 6.45) is 6.21. The Balaban J connectivity index is 1.62. The van der Waals surface area contributed by atoms with Gasteiger partial charge in [-0.25, -0.2) is 0 Å². The first kappa shape index (κ1) is 14.4. The molecule has 1 saturated heterocycles. The van der Waals surface area contributed by atoms with Crippen LogP contribution in [0.4, 0.5) is 0 Å². The van der Waals surface area contributed by atoms with Gasteiger partial charge in [-0.1, -0.05) is 28.1 Å².